The first-order valence-electron chi connectivity index (χ1n) is 8.10. The zero-order valence-corrected chi connectivity index (χ0v) is 15.0. The molecule has 0 bridgehead atoms. The van der Waals surface area contributed by atoms with E-state index in [2.05, 4.69) is 13.8 Å². The molecule has 0 spiro atoms. The maximum Gasteiger partial charge on any atom is 0.341 e. The summed E-state index contributed by atoms with van der Waals surface area (Å²) >= 11 is 0. The summed E-state index contributed by atoms with van der Waals surface area (Å²) in [6.45, 7) is 11.6. The highest BCUT2D eigenvalue weighted by atomic mass is 16.7. The number of esters is 2. The molecular formula is C19H28O4. The minimum Gasteiger partial charge on any atom is -0.424 e. The third-order valence-corrected chi connectivity index (χ3v) is 3.49. The van der Waals surface area contributed by atoms with Crippen LogP contribution in [0.4, 0.5) is 0 Å². The van der Waals surface area contributed by atoms with E-state index in [1.54, 1.807) is 38.1 Å². The Morgan fingerprint density at radius 3 is 2.04 bits per heavy atom. The van der Waals surface area contributed by atoms with Gasteiger partial charge in [0.15, 0.2) is 0 Å². The Hall–Kier alpha value is -1.84. The molecule has 0 aliphatic carbocycles. The van der Waals surface area contributed by atoms with Crippen molar-refractivity contribution in [3.8, 4) is 0 Å². The van der Waals surface area contributed by atoms with Crippen LogP contribution in [0, 0.1) is 17.3 Å². The summed E-state index contributed by atoms with van der Waals surface area (Å²) in [5.41, 5.74) is -0.0261. The zero-order valence-electron chi connectivity index (χ0n) is 15.0. The lowest BCUT2D eigenvalue weighted by Gasteiger charge is -2.34. The summed E-state index contributed by atoms with van der Waals surface area (Å²) in [7, 11) is 0. The van der Waals surface area contributed by atoms with Crippen molar-refractivity contribution >= 4 is 11.9 Å². The summed E-state index contributed by atoms with van der Waals surface area (Å²) in [5.74, 6) is -0.736. The molecule has 1 aromatic rings. The second kappa shape index (κ2) is 8.14. The van der Waals surface area contributed by atoms with Gasteiger partial charge < -0.3 is 9.47 Å². The molecule has 1 aromatic carbocycles. The lowest BCUT2D eigenvalue weighted by Crippen LogP contribution is -2.39. The van der Waals surface area contributed by atoms with Gasteiger partial charge in [-0.3, -0.25) is 4.79 Å². The molecule has 4 heteroatoms. The van der Waals surface area contributed by atoms with Crippen molar-refractivity contribution in [1.29, 1.82) is 0 Å². The molecule has 0 amide bonds. The van der Waals surface area contributed by atoms with Crippen LogP contribution in [0.25, 0.3) is 0 Å². The third-order valence-electron chi connectivity index (χ3n) is 3.49. The van der Waals surface area contributed by atoms with E-state index in [1.807, 2.05) is 19.9 Å². The average molecular weight is 320 g/mol. The molecule has 0 aliphatic heterocycles. The van der Waals surface area contributed by atoms with Gasteiger partial charge in [0.1, 0.15) is 0 Å². The quantitative estimate of drug-likeness (QED) is 0.550. The van der Waals surface area contributed by atoms with Crippen LogP contribution in [-0.4, -0.2) is 18.2 Å². The lowest BCUT2D eigenvalue weighted by atomic mass is 9.83. The van der Waals surface area contributed by atoms with Gasteiger partial charge in [-0.15, -0.1) is 0 Å². The molecule has 0 aliphatic rings. The molecule has 0 saturated carbocycles. The van der Waals surface area contributed by atoms with Crippen LogP contribution in [-0.2, 0) is 14.3 Å². The highest BCUT2D eigenvalue weighted by molar-refractivity contribution is 5.89. The monoisotopic (exact) mass is 320 g/mol. The highest BCUT2D eigenvalue weighted by Gasteiger charge is 2.37. The predicted octanol–water partition coefficient (Wildman–Crippen LogP) is 4.44. The van der Waals surface area contributed by atoms with Gasteiger partial charge in [-0.25, -0.2) is 4.79 Å². The van der Waals surface area contributed by atoms with Crippen molar-refractivity contribution in [3.05, 3.63) is 35.9 Å². The van der Waals surface area contributed by atoms with Crippen molar-refractivity contribution in [3.63, 3.8) is 0 Å². The van der Waals surface area contributed by atoms with Gasteiger partial charge in [0.05, 0.1) is 11.5 Å². The molecule has 0 aromatic heterocycles. The van der Waals surface area contributed by atoms with Gasteiger partial charge in [-0.2, -0.15) is 0 Å². The molecule has 1 unspecified atom stereocenters. The van der Waals surface area contributed by atoms with E-state index in [1.165, 1.54) is 0 Å². The average Bonchev–Trinajstić information content (AvgIpc) is 2.45. The van der Waals surface area contributed by atoms with Crippen molar-refractivity contribution < 1.29 is 19.1 Å². The summed E-state index contributed by atoms with van der Waals surface area (Å²) in [5, 5.41) is 0. The zero-order chi connectivity index (χ0) is 17.6. The lowest BCUT2D eigenvalue weighted by molar-refractivity contribution is -0.195. The van der Waals surface area contributed by atoms with Crippen LogP contribution in [0.1, 0.15) is 58.3 Å². The number of ether oxygens (including phenoxy) is 2. The number of rotatable bonds is 7. The normalized spacial score (nSPS) is 13.0. The minimum atomic E-state index is -0.910. The van der Waals surface area contributed by atoms with Gasteiger partial charge in [-0.05, 0) is 24.5 Å². The smallest absolute Gasteiger partial charge is 0.341 e. The second-order valence-electron chi connectivity index (χ2n) is 7.28. The van der Waals surface area contributed by atoms with Crippen LogP contribution in [0.5, 0.6) is 0 Å². The molecule has 1 atom stereocenters. The first-order valence-corrected chi connectivity index (χ1v) is 8.10. The Morgan fingerprint density at radius 2 is 1.57 bits per heavy atom. The second-order valence-corrected chi connectivity index (χ2v) is 7.28. The largest absolute Gasteiger partial charge is 0.424 e. The molecule has 0 radical (unpaired) electrons. The Balaban J connectivity index is 2.94. The van der Waals surface area contributed by atoms with Gasteiger partial charge in [0, 0.05) is 5.41 Å². The Labute approximate surface area is 139 Å². The van der Waals surface area contributed by atoms with Gasteiger partial charge >= 0.3 is 11.9 Å². The number of hydrogen-bond acceptors (Lipinski definition) is 4. The molecule has 0 heterocycles. The summed E-state index contributed by atoms with van der Waals surface area (Å²) in [6, 6.07) is 8.73. The van der Waals surface area contributed by atoms with E-state index in [9.17, 15) is 9.59 Å². The SMILES string of the molecule is CC(C)CC(C)(C)C(OC(=O)c1ccccc1)OC(=O)C(C)C. The number of benzene rings is 1. The van der Waals surface area contributed by atoms with Crippen LogP contribution in [0.15, 0.2) is 30.3 Å². The van der Waals surface area contributed by atoms with Crippen LogP contribution >= 0.6 is 0 Å². The molecule has 23 heavy (non-hydrogen) atoms. The van der Waals surface area contributed by atoms with Crippen molar-refractivity contribution in [2.45, 2.75) is 54.3 Å². The summed E-state index contributed by atoms with van der Waals surface area (Å²) < 4.78 is 11.0. The van der Waals surface area contributed by atoms with Crippen molar-refractivity contribution in [1.82, 2.24) is 0 Å². The van der Waals surface area contributed by atoms with Crippen LogP contribution in [0.3, 0.4) is 0 Å². The predicted molar refractivity (Wildman–Crippen MR) is 89.8 cm³/mol. The van der Waals surface area contributed by atoms with Gasteiger partial charge in [0.25, 0.3) is 6.29 Å². The molecular weight excluding hydrogens is 292 g/mol. The first-order chi connectivity index (χ1) is 10.6. The molecule has 0 N–H and O–H groups in total. The molecule has 0 fully saturated rings. The summed E-state index contributed by atoms with van der Waals surface area (Å²) in [6.07, 6.45) is -0.141. The van der Waals surface area contributed by atoms with E-state index in [-0.39, 0.29) is 11.9 Å². The molecule has 4 nitrogen and oxygen atoms in total. The van der Waals surface area contributed by atoms with E-state index in [0.717, 1.165) is 6.42 Å². The Bertz CT molecular complexity index is 517. The maximum absolute atomic E-state index is 12.3. The minimum absolute atomic E-state index is 0.275. The standard InChI is InChI=1S/C19H28O4/c1-13(2)12-19(5,6)18(22-16(20)14(3)4)23-17(21)15-10-8-7-9-11-15/h7-11,13-14,18H,12H2,1-6H3. The Kier molecular flexibility index (Phi) is 6.79. The first kappa shape index (κ1) is 19.2. The molecule has 0 saturated heterocycles. The fourth-order valence-corrected chi connectivity index (χ4v) is 2.47. The van der Waals surface area contributed by atoms with E-state index < -0.39 is 17.7 Å². The van der Waals surface area contributed by atoms with Crippen LogP contribution < -0.4 is 0 Å². The van der Waals surface area contributed by atoms with E-state index in [4.69, 9.17) is 9.47 Å². The van der Waals surface area contributed by atoms with Crippen LogP contribution in [0.2, 0.25) is 0 Å². The third kappa shape index (κ3) is 6.05. The fraction of sp³-hybridized carbons (Fsp3) is 0.579. The maximum atomic E-state index is 12.3. The number of carbonyl (C=O) groups excluding carboxylic acids is 2. The van der Waals surface area contributed by atoms with E-state index >= 15 is 0 Å². The van der Waals surface area contributed by atoms with E-state index in [0.29, 0.717) is 11.5 Å². The Morgan fingerprint density at radius 1 is 1.00 bits per heavy atom. The summed E-state index contributed by atoms with van der Waals surface area (Å²) in [4.78, 5) is 24.3. The topological polar surface area (TPSA) is 52.6 Å². The van der Waals surface area contributed by atoms with Crippen molar-refractivity contribution in [2.24, 2.45) is 17.3 Å². The molecule has 1 rings (SSSR count). The van der Waals surface area contributed by atoms with Gasteiger partial charge in [0.2, 0.25) is 0 Å². The number of hydrogen-bond donors (Lipinski definition) is 0. The molecule has 128 valence electrons. The fourth-order valence-electron chi connectivity index (χ4n) is 2.47. The highest BCUT2D eigenvalue weighted by Crippen LogP contribution is 2.33. The number of carbonyl (C=O) groups is 2. The van der Waals surface area contributed by atoms with Gasteiger partial charge in [-0.1, -0.05) is 59.7 Å². The van der Waals surface area contributed by atoms with Crippen molar-refractivity contribution in [2.75, 3.05) is 0 Å².